The fraction of sp³-hybridized carbons (Fsp3) is 0.211. The van der Waals surface area contributed by atoms with Gasteiger partial charge in [-0.15, -0.1) is 11.8 Å². The molecule has 0 bridgehead atoms. The average molecular weight is 419 g/mol. The second kappa shape index (κ2) is 7.54. The molecule has 1 heterocycles. The van der Waals surface area contributed by atoms with Crippen LogP contribution in [0.4, 0.5) is 0 Å². The Labute approximate surface area is 160 Å². The second-order valence-corrected chi connectivity index (χ2v) is 7.15. The van der Waals surface area contributed by atoms with Crippen LogP contribution < -0.4 is 9.47 Å². The van der Waals surface area contributed by atoms with Crippen molar-refractivity contribution in [1.29, 1.82) is 0 Å². The Morgan fingerprint density at radius 1 is 1.08 bits per heavy atom. The number of rotatable bonds is 5. The Morgan fingerprint density at radius 2 is 1.88 bits per heavy atom. The van der Waals surface area contributed by atoms with Gasteiger partial charge in [-0.3, -0.25) is 0 Å². The molecule has 0 fully saturated rings. The van der Waals surface area contributed by atoms with Crippen molar-refractivity contribution in [3.63, 3.8) is 0 Å². The highest BCUT2D eigenvalue weighted by atomic mass is 79.9. The van der Waals surface area contributed by atoms with Gasteiger partial charge in [0.15, 0.2) is 0 Å². The molecule has 0 saturated carbocycles. The number of aromatic nitrogens is 2. The van der Waals surface area contributed by atoms with Gasteiger partial charge in [-0.1, -0.05) is 12.1 Å². The number of nitrogens with zero attached hydrogens (tertiary/aromatic N) is 2. The van der Waals surface area contributed by atoms with Gasteiger partial charge in [0.1, 0.15) is 11.5 Å². The van der Waals surface area contributed by atoms with Crippen molar-refractivity contribution >= 4 is 27.7 Å². The molecule has 0 saturated heterocycles. The van der Waals surface area contributed by atoms with Crippen LogP contribution in [0.5, 0.6) is 11.5 Å². The van der Waals surface area contributed by atoms with Gasteiger partial charge in [0, 0.05) is 22.6 Å². The molecule has 0 aliphatic heterocycles. The lowest BCUT2D eigenvalue weighted by Crippen LogP contribution is -1.94. The number of ether oxygens (including phenoxy) is 2. The lowest BCUT2D eigenvalue weighted by molar-refractivity contribution is 0.404. The number of hydrogen-bond donors (Lipinski definition) is 0. The molecule has 2 aromatic carbocycles. The summed E-state index contributed by atoms with van der Waals surface area (Å²) < 4.78 is 13.9. The average Bonchev–Trinajstić information content (AvgIpc) is 3.02. The molecule has 0 radical (unpaired) electrons. The molecule has 130 valence electrons. The third kappa shape index (κ3) is 3.41. The standard InChI is InChI=1S/C19H19BrN2O2S/c1-22-11-21-17(18(22)12-6-5-7-14(8-12)23-2)13-9-15(20)19(25-4)16(10-13)24-3/h5-11H,1-4H3. The minimum atomic E-state index is 0.821. The van der Waals surface area contributed by atoms with Crippen LogP contribution in [0.15, 0.2) is 52.1 Å². The Balaban J connectivity index is 2.18. The number of halogens is 1. The van der Waals surface area contributed by atoms with E-state index < -0.39 is 0 Å². The van der Waals surface area contributed by atoms with Crippen LogP contribution in [-0.2, 0) is 7.05 Å². The quantitative estimate of drug-likeness (QED) is 0.529. The van der Waals surface area contributed by atoms with Crippen LogP contribution in [0.3, 0.4) is 0 Å². The second-order valence-electron chi connectivity index (χ2n) is 5.48. The summed E-state index contributed by atoms with van der Waals surface area (Å²) in [5.74, 6) is 1.65. The number of aryl methyl sites for hydroxylation is 1. The third-order valence-electron chi connectivity index (χ3n) is 3.99. The van der Waals surface area contributed by atoms with E-state index in [2.05, 4.69) is 33.0 Å². The molecule has 25 heavy (non-hydrogen) atoms. The zero-order valence-corrected chi connectivity index (χ0v) is 16.9. The molecule has 4 nitrogen and oxygen atoms in total. The molecule has 3 aromatic rings. The molecular weight excluding hydrogens is 400 g/mol. The predicted octanol–water partition coefficient (Wildman–Crippen LogP) is 5.26. The van der Waals surface area contributed by atoms with E-state index in [9.17, 15) is 0 Å². The van der Waals surface area contributed by atoms with Crippen LogP contribution in [0.2, 0.25) is 0 Å². The summed E-state index contributed by atoms with van der Waals surface area (Å²) in [5, 5.41) is 0. The van der Waals surface area contributed by atoms with Crippen molar-refractivity contribution in [2.45, 2.75) is 4.90 Å². The van der Waals surface area contributed by atoms with Gasteiger partial charge in [0.2, 0.25) is 0 Å². The summed E-state index contributed by atoms with van der Waals surface area (Å²) in [5.41, 5.74) is 3.99. The maximum atomic E-state index is 5.56. The molecule has 0 amide bonds. The molecule has 0 unspecified atom stereocenters. The number of imidazole rings is 1. The molecule has 0 aliphatic rings. The first-order chi connectivity index (χ1) is 12.1. The van der Waals surface area contributed by atoms with Crippen LogP contribution in [-0.4, -0.2) is 30.0 Å². The molecular formula is C19H19BrN2O2S. The largest absolute Gasteiger partial charge is 0.497 e. The number of thioether (sulfide) groups is 1. The zero-order valence-electron chi connectivity index (χ0n) is 14.5. The highest BCUT2D eigenvalue weighted by Gasteiger charge is 2.17. The minimum Gasteiger partial charge on any atom is -0.497 e. The van der Waals surface area contributed by atoms with Crippen LogP contribution >= 0.6 is 27.7 Å². The van der Waals surface area contributed by atoms with E-state index in [4.69, 9.17) is 9.47 Å². The normalized spacial score (nSPS) is 10.8. The van der Waals surface area contributed by atoms with E-state index in [0.717, 1.165) is 43.4 Å². The summed E-state index contributed by atoms with van der Waals surface area (Å²) in [4.78, 5) is 5.70. The van der Waals surface area contributed by atoms with E-state index in [1.807, 2.05) is 48.5 Å². The molecule has 0 N–H and O–H groups in total. The van der Waals surface area contributed by atoms with E-state index in [-0.39, 0.29) is 0 Å². The van der Waals surface area contributed by atoms with Crippen molar-refractivity contribution in [2.75, 3.05) is 20.5 Å². The third-order valence-corrected chi connectivity index (χ3v) is 5.70. The fourth-order valence-electron chi connectivity index (χ4n) is 2.81. The highest BCUT2D eigenvalue weighted by molar-refractivity contribution is 9.10. The summed E-state index contributed by atoms with van der Waals surface area (Å²) >= 11 is 5.30. The van der Waals surface area contributed by atoms with Gasteiger partial charge in [-0.25, -0.2) is 4.98 Å². The first-order valence-corrected chi connectivity index (χ1v) is 9.68. The smallest absolute Gasteiger partial charge is 0.134 e. The summed E-state index contributed by atoms with van der Waals surface area (Å²) in [6.07, 6.45) is 3.86. The Hall–Kier alpha value is -1.92. The molecule has 0 aliphatic carbocycles. The number of benzene rings is 2. The maximum Gasteiger partial charge on any atom is 0.134 e. The van der Waals surface area contributed by atoms with Crippen LogP contribution in [0.25, 0.3) is 22.5 Å². The summed E-state index contributed by atoms with van der Waals surface area (Å²) in [6, 6.07) is 12.1. The van der Waals surface area contributed by atoms with Crippen LogP contribution in [0, 0.1) is 0 Å². The van der Waals surface area contributed by atoms with Gasteiger partial charge in [-0.05, 0) is 46.5 Å². The first kappa shape index (κ1) is 17.9. The topological polar surface area (TPSA) is 36.3 Å². The lowest BCUT2D eigenvalue weighted by Gasteiger charge is -2.12. The van der Waals surface area contributed by atoms with Crippen molar-refractivity contribution in [3.05, 3.63) is 47.2 Å². The number of hydrogen-bond acceptors (Lipinski definition) is 4. The van der Waals surface area contributed by atoms with E-state index >= 15 is 0 Å². The maximum absolute atomic E-state index is 5.56. The Bertz CT molecular complexity index is 908. The summed E-state index contributed by atoms with van der Waals surface area (Å²) in [7, 11) is 5.35. The monoisotopic (exact) mass is 418 g/mol. The number of methoxy groups -OCH3 is 2. The van der Waals surface area contributed by atoms with E-state index in [1.54, 1.807) is 26.0 Å². The van der Waals surface area contributed by atoms with Gasteiger partial charge in [0.25, 0.3) is 0 Å². The Kier molecular flexibility index (Phi) is 5.39. The van der Waals surface area contributed by atoms with Gasteiger partial charge in [-0.2, -0.15) is 0 Å². The SMILES string of the molecule is COc1cccc(-c2c(-c3cc(Br)c(SC)c(OC)c3)ncn2C)c1. The minimum absolute atomic E-state index is 0.821. The molecule has 0 atom stereocenters. The first-order valence-electron chi connectivity index (χ1n) is 7.66. The van der Waals surface area contributed by atoms with Crippen molar-refractivity contribution in [3.8, 4) is 34.0 Å². The molecule has 1 aromatic heterocycles. The Morgan fingerprint density at radius 3 is 2.56 bits per heavy atom. The lowest BCUT2D eigenvalue weighted by atomic mass is 10.0. The van der Waals surface area contributed by atoms with E-state index in [0.29, 0.717) is 0 Å². The van der Waals surface area contributed by atoms with Gasteiger partial charge in [0.05, 0.1) is 36.8 Å². The van der Waals surface area contributed by atoms with Crippen molar-refractivity contribution in [2.24, 2.45) is 7.05 Å². The fourth-order valence-corrected chi connectivity index (χ4v) is 4.33. The molecule has 0 spiro atoms. The molecule has 3 rings (SSSR count). The van der Waals surface area contributed by atoms with Gasteiger partial charge < -0.3 is 14.0 Å². The highest BCUT2D eigenvalue weighted by Crippen LogP contribution is 2.41. The zero-order chi connectivity index (χ0) is 18.0. The molecule has 6 heteroatoms. The van der Waals surface area contributed by atoms with Crippen molar-refractivity contribution < 1.29 is 9.47 Å². The van der Waals surface area contributed by atoms with E-state index in [1.165, 1.54) is 0 Å². The predicted molar refractivity (Wildman–Crippen MR) is 107 cm³/mol. The van der Waals surface area contributed by atoms with Crippen molar-refractivity contribution in [1.82, 2.24) is 9.55 Å². The van der Waals surface area contributed by atoms with Gasteiger partial charge >= 0.3 is 0 Å². The summed E-state index contributed by atoms with van der Waals surface area (Å²) in [6.45, 7) is 0. The van der Waals surface area contributed by atoms with Crippen LogP contribution in [0.1, 0.15) is 0 Å².